The Kier molecular flexibility index (Phi) is 18.7. The number of hydrogen-bond donors (Lipinski definition) is 0. The van der Waals surface area contributed by atoms with Gasteiger partial charge in [0.25, 0.3) is 0 Å². The summed E-state index contributed by atoms with van der Waals surface area (Å²) in [6.45, 7) is 19.4. The van der Waals surface area contributed by atoms with Crippen molar-refractivity contribution in [3.05, 3.63) is 0 Å². The maximum Gasteiger partial charge on any atom is 0.113 e. The van der Waals surface area contributed by atoms with Crippen molar-refractivity contribution in [2.45, 2.75) is 130 Å². The highest BCUT2D eigenvalue weighted by Crippen LogP contribution is 2.29. The van der Waals surface area contributed by atoms with E-state index in [1.807, 2.05) is 0 Å². The summed E-state index contributed by atoms with van der Waals surface area (Å²) in [7, 11) is 0. The van der Waals surface area contributed by atoms with Gasteiger partial charge in [-0.25, -0.2) is 0 Å². The zero-order chi connectivity index (χ0) is 24.3. The lowest BCUT2D eigenvalue weighted by atomic mass is 9.91. The van der Waals surface area contributed by atoms with Gasteiger partial charge in [0.05, 0.1) is 18.8 Å². The van der Waals surface area contributed by atoms with E-state index in [0.717, 1.165) is 90.9 Å². The van der Waals surface area contributed by atoms with Crippen LogP contribution in [0, 0.1) is 5.92 Å². The molecule has 0 aromatic carbocycles. The van der Waals surface area contributed by atoms with Crippen LogP contribution in [0.4, 0.5) is 0 Å². The number of likely N-dealkylation sites (tertiary alicyclic amines) is 1. The number of ether oxygens (including phenoxy) is 4. The molecule has 0 aliphatic carbocycles. The summed E-state index contributed by atoms with van der Waals surface area (Å²) in [5.41, 5.74) is 0. The highest BCUT2D eigenvalue weighted by Gasteiger charge is 2.46. The van der Waals surface area contributed by atoms with E-state index in [9.17, 15) is 0 Å². The number of rotatable bonds is 21. The predicted octanol–water partition coefficient (Wildman–Crippen LogP) is 6.48. The Bertz CT molecular complexity index is 432. The van der Waals surface area contributed by atoms with E-state index in [0.29, 0.717) is 12.5 Å². The first kappa shape index (κ1) is 30.8. The molecule has 0 radical (unpaired) electrons. The molecule has 0 N–H and O–H groups in total. The fourth-order valence-corrected chi connectivity index (χ4v) is 4.51. The molecule has 4 atom stereocenters. The lowest BCUT2D eigenvalue weighted by Gasteiger charge is -2.49. The Labute approximate surface area is 206 Å². The van der Waals surface area contributed by atoms with Gasteiger partial charge in [-0.15, -0.1) is 0 Å². The monoisotopic (exact) mass is 471 g/mol. The summed E-state index contributed by atoms with van der Waals surface area (Å²) in [4.78, 5) is 2.62. The molecule has 0 aromatic heterocycles. The zero-order valence-electron chi connectivity index (χ0n) is 23.0. The topological polar surface area (TPSA) is 40.2 Å². The molecule has 0 amide bonds. The highest BCUT2D eigenvalue weighted by molar-refractivity contribution is 4.98. The molecule has 1 aliphatic rings. The quantitative estimate of drug-likeness (QED) is 0.179. The van der Waals surface area contributed by atoms with Crippen molar-refractivity contribution in [2.75, 3.05) is 46.1 Å². The third-order valence-corrected chi connectivity index (χ3v) is 6.98. The van der Waals surface area contributed by atoms with Crippen molar-refractivity contribution < 1.29 is 18.9 Å². The normalized spacial score (nSPS) is 24.1. The van der Waals surface area contributed by atoms with Crippen molar-refractivity contribution in [1.29, 1.82) is 0 Å². The molecule has 0 aromatic rings. The van der Waals surface area contributed by atoms with Crippen molar-refractivity contribution in [3.8, 4) is 0 Å². The van der Waals surface area contributed by atoms with Crippen LogP contribution in [-0.2, 0) is 18.9 Å². The van der Waals surface area contributed by atoms with Crippen LogP contribution < -0.4 is 0 Å². The minimum Gasteiger partial charge on any atom is -0.380 e. The fourth-order valence-electron chi connectivity index (χ4n) is 4.51. The molecule has 0 spiro atoms. The van der Waals surface area contributed by atoms with E-state index in [1.165, 1.54) is 12.8 Å². The summed E-state index contributed by atoms with van der Waals surface area (Å²) < 4.78 is 25.9. The Morgan fingerprint density at radius 2 is 1.18 bits per heavy atom. The zero-order valence-corrected chi connectivity index (χ0v) is 23.0. The van der Waals surface area contributed by atoms with E-state index in [1.54, 1.807) is 0 Å². The molecule has 5 heteroatoms. The largest absolute Gasteiger partial charge is 0.380 e. The number of hydrogen-bond acceptors (Lipinski definition) is 5. The van der Waals surface area contributed by atoms with Gasteiger partial charge in [0.1, 0.15) is 12.2 Å². The predicted molar refractivity (Wildman–Crippen MR) is 139 cm³/mol. The minimum atomic E-state index is -0.0250. The van der Waals surface area contributed by atoms with Gasteiger partial charge in [0.2, 0.25) is 0 Å². The van der Waals surface area contributed by atoms with Gasteiger partial charge in [0.15, 0.2) is 0 Å². The van der Waals surface area contributed by atoms with Crippen LogP contribution in [0.15, 0.2) is 0 Å². The van der Waals surface area contributed by atoms with Crippen LogP contribution >= 0.6 is 0 Å². The van der Waals surface area contributed by atoms with Crippen LogP contribution in [0.1, 0.15) is 106 Å². The third-order valence-electron chi connectivity index (χ3n) is 6.98. The second-order valence-electron chi connectivity index (χ2n) is 9.77. The molecule has 33 heavy (non-hydrogen) atoms. The maximum absolute atomic E-state index is 6.63. The van der Waals surface area contributed by atoms with E-state index in [2.05, 4.69) is 46.4 Å². The summed E-state index contributed by atoms with van der Waals surface area (Å²) in [6.07, 6.45) is 11.4. The molecule has 1 rings (SSSR count). The lowest BCUT2D eigenvalue weighted by molar-refractivity contribution is -0.203. The molecule has 0 bridgehead atoms. The SMILES string of the molecule is CCCCOCC1C(OCCCC)C(OCCCC)C(OCCCC)CN1CC(CC)CC. The molecule has 1 saturated heterocycles. The molecular weight excluding hydrogens is 414 g/mol. The van der Waals surface area contributed by atoms with Gasteiger partial charge in [-0.05, 0) is 31.6 Å². The van der Waals surface area contributed by atoms with Gasteiger partial charge in [-0.2, -0.15) is 0 Å². The van der Waals surface area contributed by atoms with Gasteiger partial charge < -0.3 is 18.9 Å². The van der Waals surface area contributed by atoms with Crippen LogP contribution in [-0.4, -0.2) is 75.4 Å². The first-order valence-corrected chi connectivity index (χ1v) is 14.3. The highest BCUT2D eigenvalue weighted by atomic mass is 16.6. The van der Waals surface area contributed by atoms with Crippen molar-refractivity contribution in [1.82, 2.24) is 4.90 Å². The second-order valence-corrected chi connectivity index (χ2v) is 9.77. The lowest BCUT2D eigenvalue weighted by Crippen LogP contribution is -2.65. The molecule has 1 aliphatic heterocycles. The number of unbranched alkanes of at least 4 members (excludes halogenated alkanes) is 4. The van der Waals surface area contributed by atoms with Crippen molar-refractivity contribution >= 4 is 0 Å². The average molecular weight is 472 g/mol. The van der Waals surface area contributed by atoms with E-state index in [4.69, 9.17) is 18.9 Å². The summed E-state index contributed by atoms with van der Waals surface area (Å²) in [5, 5.41) is 0. The minimum absolute atomic E-state index is 0.00947. The first-order valence-electron chi connectivity index (χ1n) is 14.3. The first-order chi connectivity index (χ1) is 16.2. The van der Waals surface area contributed by atoms with Gasteiger partial charge in [-0.1, -0.05) is 80.1 Å². The maximum atomic E-state index is 6.63. The summed E-state index contributed by atoms with van der Waals surface area (Å²) in [6, 6.07) is 0.219. The third kappa shape index (κ3) is 11.9. The summed E-state index contributed by atoms with van der Waals surface area (Å²) in [5.74, 6) is 0.688. The molecular formula is C28H57NO4. The van der Waals surface area contributed by atoms with Gasteiger partial charge >= 0.3 is 0 Å². The van der Waals surface area contributed by atoms with Gasteiger partial charge in [-0.3, -0.25) is 4.90 Å². The standard InChI is InChI=1S/C28H57NO4/c1-7-13-17-30-23-25-27(32-19-15-9-3)28(33-20-16-10-4)26(31-18-14-8-2)22-29(25)21-24(11-5)12-6/h24-28H,7-23H2,1-6H3. The Morgan fingerprint density at radius 3 is 1.73 bits per heavy atom. The molecule has 0 saturated carbocycles. The average Bonchev–Trinajstić information content (AvgIpc) is 2.83. The van der Waals surface area contributed by atoms with E-state index < -0.39 is 0 Å². The Balaban J connectivity index is 3.13. The van der Waals surface area contributed by atoms with Crippen LogP contribution in [0.2, 0.25) is 0 Å². The van der Waals surface area contributed by atoms with Crippen molar-refractivity contribution in [2.24, 2.45) is 5.92 Å². The molecule has 5 nitrogen and oxygen atoms in total. The second kappa shape index (κ2) is 20.0. The molecule has 198 valence electrons. The van der Waals surface area contributed by atoms with E-state index >= 15 is 0 Å². The van der Waals surface area contributed by atoms with Crippen molar-refractivity contribution in [3.63, 3.8) is 0 Å². The smallest absolute Gasteiger partial charge is 0.113 e. The van der Waals surface area contributed by atoms with E-state index in [-0.39, 0.29) is 24.4 Å². The molecule has 1 fully saturated rings. The van der Waals surface area contributed by atoms with Crippen LogP contribution in [0.5, 0.6) is 0 Å². The fraction of sp³-hybridized carbons (Fsp3) is 1.00. The number of piperidine rings is 1. The Hall–Kier alpha value is -0.200. The molecule has 4 unspecified atom stereocenters. The number of nitrogens with zero attached hydrogens (tertiary/aromatic N) is 1. The van der Waals surface area contributed by atoms with Crippen LogP contribution in [0.25, 0.3) is 0 Å². The van der Waals surface area contributed by atoms with Gasteiger partial charge in [0, 0.05) is 39.5 Å². The molecule has 1 heterocycles. The Morgan fingerprint density at radius 1 is 0.667 bits per heavy atom. The summed E-state index contributed by atoms with van der Waals surface area (Å²) >= 11 is 0. The van der Waals surface area contributed by atoms with Crippen LogP contribution in [0.3, 0.4) is 0 Å².